The zero-order valence-electron chi connectivity index (χ0n) is 8.90. The Hall–Kier alpha value is -1.20. The molecule has 0 aromatic carbocycles. The Kier molecular flexibility index (Phi) is 5.81. The Morgan fingerprint density at radius 3 is 2.40 bits per heavy atom. The molecule has 0 spiro atoms. The molecule has 0 aliphatic carbocycles. The van der Waals surface area contributed by atoms with Gasteiger partial charge in [0.15, 0.2) is 5.78 Å². The highest BCUT2D eigenvalue weighted by Crippen LogP contribution is 2.15. The maximum absolute atomic E-state index is 11.0. The van der Waals surface area contributed by atoms with Crippen LogP contribution in [0.3, 0.4) is 0 Å². The Balaban J connectivity index is 4.24. The van der Waals surface area contributed by atoms with Crippen LogP contribution in [0.5, 0.6) is 0 Å². The van der Waals surface area contributed by atoms with E-state index in [1.807, 2.05) is 0 Å². The summed E-state index contributed by atoms with van der Waals surface area (Å²) >= 11 is 0. The first-order valence-electron chi connectivity index (χ1n) is 4.51. The highest BCUT2D eigenvalue weighted by molar-refractivity contribution is 5.88. The third kappa shape index (κ3) is 4.22. The minimum Gasteiger partial charge on any atom is -0.466 e. The van der Waals surface area contributed by atoms with Crippen molar-refractivity contribution in [3.05, 3.63) is 12.2 Å². The lowest BCUT2D eigenvalue weighted by molar-refractivity contribution is -0.137. The minimum atomic E-state index is -1.28. The van der Waals surface area contributed by atoms with E-state index in [4.69, 9.17) is 5.11 Å². The van der Waals surface area contributed by atoms with Gasteiger partial charge < -0.3 is 14.9 Å². The Morgan fingerprint density at radius 2 is 2.00 bits per heavy atom. The molecule has 2 unspecified atom stereocenters. The first-order chi connectivity index (χ1) is 6.93. The van der Waals surface area contributed by atoms with Crippen LogP contribution in [0.4, 0.5) is 0 Å². The van der Waals surface area contributed by atoms with Crippen LogP contribution in [-0.2, 0) is 14.3 Å². The van der Waals surface area contributed by atoms with Crippen LogP contribution in [0, 0.1) is 5.92 Å². The van der Waals surface area contributed by atoms with E-state index < -0.39 is 30.4 Å². The maximum atomic E-state index is 11.0. The number of aliphatic hydroxyl groups is 2. The monoisotopic (exact) mass is 216 g/mol. The second-order valence-electron chi connectivity index (χ2n) is 3.35. The first-order valence-corrected chi connectivity index (χ1v) is 4.51. The largest absolute Gasteiger partial charge is 0.466 e. The van der Waals surface area contributed by atoms with Crippen molar-refractivity contribution in [1.29, 1.82) is 0 Å². The van der Waals surface area contributed by atoms with Gasteiger partial charge in [-0.1, -0.05) is 13.5 Å². The van der Waals surface area contributed by atoms with E-state index >= 15 is 0 Å². The van der Waals surface area contributed by atoms with Crippen molar-refractivity contribution in [2.45, 2.75) is 19.4 Å². The third-order valence-corrected chi connectivity index (χ3v) is 2.07. The van der Waals surface area contributed by atoms with Gasteiger partial charge in [0, 0.05) is 5.57 Å². The molecule has 2 N–H and O–H groups in total. The summed E-state index contributed by atoms with van der Waals surface area (Å²) in [5.74, 6) is -1.71. The number of rotatable bonds is 6. The number of hydrogen-bond acceptors (Lipinski definition) is 5. The predicted octanol–water partition coefficient (Wildman–Crippen LogP) is -0.336. The molecular weight excluding hydrogens is 200 g/mol. The van der Waals surface area contributed by atoms with E-state index in [1.54, 1.807) is 6.92 Å². The molecule has 86 valence electrons. The second-order valence-corrected chi connectivity index (χ2v) is 3.35. The van der Waals surface area contributed by atoms with Gasteiger partial charge in [-0.25, -0.2) is 4.79 Å². The molecule has 0 bridgehead atoms. The van der Waals surface area contributed by atoms with Crippen LogP contribution in [0.1, 0.15) is 13.3 Å². The van der Waals surface area contributed by atoms with E-state index in [-0.39, 0.29) is 12.0 Å². The molecule has 0 aliphatic heterocycles. The van der Waals surface area contributed by atoms with E-state index in [2.05, 4.69) is 11.3 Å². The van der Waals surface area contributed by atoms with Gasteiger partial charge in [-0.05, 0) is 12.3 Å². The zero-order chi connectivity index (χ0) is 12.0. The molecule has 5 nitrogen and oxygen atoms in total. The molecular formula is C10H16O5. The fourth-order valence-corrected chi connectivity index (χ4v) is 1.14. The van der Waals surface area contributed by atoms with E-state index in [0.29, 0.717) is 0 Å². The van der Waals surface area contributed by atoms with Gasteiger partial charge >= 0.3 is 5.97 Å². The van der Waals surface area contributed by atoms with Crippen LogP contribution in [-0.4, -0.2) is 41.8 Å². The molecule has 0 radical (unpaired) electrons. The third-order valence-electron chi connectivity index (χ3n) is 2.07. The maximum Gasteiger partial charge on any atom is 0.333 e. The van der Waals surface area contributed by atoms with Crippen molar-refractivity contribution in [2.75, 3.05) is 13.7 Å². The molecule has 0 aliphatic rings. The molecule has 0 heterocycles. The molecule has 0 aromatic rings. The molecule has 15 heavy (non-hydrogen) atoms. The molecule has 5 heteroatoms. The summed E-state index contributed by atoms with van der Waals surface area (Å²) in [7, 11) is 1.23. The van der Waals surface area contributed by atoms with E-state index in [0.717, 1.165) is 0 Å². The number of ketones is 1. The summed E-state index contributed by atoms with van der Waals surface area (Å²) in [5, 5.41) is 17.9. The highest BCUT2D eigenvalue weighted by atomic mass is 16.5. The van der Waals surface area contributed by atoms with Crippen molar-refractivity contribution in [3.63, 3.8) is 0 Å². The average molecular weight is 216 g/mol. The van der Waals surface area contributed by atoms with Crippen molar-refractivity contribution in [3.8, 4) is 0 Å². The van der Waals surface area contributed by atoms with Gasteiger partial charge in [-0.15, -0.1) is 0 Å². The average Bonchev–Trinajstić information content (AvgIpc) is 2.25. The summed E-state index contributed by atoms with van der Waals surface area (Å²) in [4.78, 5) is 21.9. The number of hydrogen-bond donors (Lipinski definition) is 2. The van der Waals surface area contributed by atoms with Crippen molar-refractivity contribution in [1.82, 2.24) is 0 Å². The number of esters is 1. The number of carbonyl (C=O) groups is 2. The van der Waals surface area contributed by atoms with Crippen molar-refractivity contribution in [2.24, 2.45) is 5.92 Å². The van der Waals surface area contributed by atoms with Gasteiger partial charge in [-0.2, -0.15) is 0 Å². The van der Waals surface area contributed by atoms with Crippen molar-refractivity contribution >= 4 is 11.8 Å². The fourth-order valence-electron chi connectivity index (χ4n) is 1.14. The smallest absolute Gasteiger partial charge is 0.333 e. The molecule has 0 saturated heterocycles. The molecule has 0 rings (SSSR count). The number of methoxy groups -OCH3 is 1. The van der Waals surface area contributed by atoms with Crippen LogP contribution in [0.2, 0.25) is 0 Å². The predicted molar refractivity (Wildman–Crippen MR) is 53.0 cm³/mol. The molecule has 2 atom stereocenters. The molecule has 0 fully saturated rings. The number of ether oxygens (including phenoxy) is 1. The summed E-state index contributed by atoms with van der Waals surface area (Å²) in [5.41, 5.74) is 0.190. The van der Waals surface area contributed by atoms with Gasteiger partial charge in [0.25, 0.3) is 0 Å². The SMILES string of the molecule is C=C(CC(C)C(O)C(=O)CO)C(=O)OC. The molecule has 0 aromatic heterocycles. The lowest BCUT2D eigenvalue weighted by Gasteiger charge is -2.16. The Morgan fingerprint density at radius 1 is 1.47 bits per heavy atom. The standard InChI is InChI=1S/C10H16O5/c1-6(9(13)8(12)5-11)4-7(2)10(14)15-3/h6,9,11,13H,2,4-5H2,1,3H3. The number of Topliss-reactive ketones (excluding diaryl/α,β-unsaturated/α-hetero) is 1. The zero-order valence-corrected chi connectivity index (χ0v) is 8.90. The minimum absolute atomic E-state index is 0.152. The lowest BCUT2D eigenvalue weighted by Crippen LogP contribution is -2.30. The summed E-state index contributed by atoms with van der Waals surface area (Å²) < 4.78 is 4.43. The lowest BCUT2D eigenvalue weighted by atomic mass is 9.94. The Bertz CT molecular complexity index is 259. The van der Waals surface area contributed by atoms with Gasteiger partial charge in [0.1, 0.15) is 12.7 Å². The normalized spacial score (nSPS) is 14.1. The summed E-state index contributed by atoms with van der Waals surface area (Å²) in [6, 6.07) is 0. The summed E-state index contributed by atoms with van der Waals surface area (Å²) in [6.45, 7) is 4.35. The van der Waals surface area contributed by atoms with Crippen LogP contribution >= 0.6 is 0 Å². The van der Waals surface area contributed by atoms with Gasteiger partial charge in [0.05, 0.1) is 7.11 Å². The quantitative estimate of drug-likeness (QED) is 0.469. The van der Waals surface area contributed by atoms with Crippen LogP contribution in [0.15, 0.2) is 12.2 Å². The van der Waals surface area contributed by atoms with Crippen LogP contribution in [0.25, 0.3) is 0 Å². The number of aliphatic hydroxyl groups excluding tert-OH is 2. The fraction of sp³-hybridized carbons (Fsp3) is 0.600. The first kappa shape index (κ1) is 13.8. The molecule has 0 saturated carbocycles. The highest BCUT2D eigenvalue weighted by Gasteiger charge is 2.23. The Labute approximate surface area is 88.4 Å². The topological polar surface area (TPSA) is 83.8 Å². The summed E-state index contributed by atoms with van der Waals surface area (Å²) in [6.07, 6.45) is -1.13. The van der Waals surface area contributed by atoms with E-state index in [1.165, 1.54) is 7.11 Å². The van der Waals surface area contributed by atoms with E-state index in [9.17, 15) is 14.7 Å². The van der Waals surface area contributed by atoms with Gasteiger partial charge in [-0.3, -0.25) is 4.79 Å². The second kappa shape index (κ2) is 6.31. The number of carbonyl (C=O) groups excluding carboxylic acids is 2. The van der Waals surface area contributed by atoms with Gasteiger partial charge in [0.2, 0.25) is 0 Å². The molecule has 0 amide bonds. The van der Waals surface area contributed by atoms with Crippen molar-refractivity contribution < 1.29 is 24.5 Å². The van der Waals surface area contributed by atoms with Crippen LogP contribution < -0.4 is 0 Å².